The van der Waals surface area contributed by atoms with Crippen LogP contribution in [0.1, 0.15) is 30.0 Å². The van der Waals surface area contributed by atoms with E-state index >= 15 is 0 Å². The fraction of sp³-hybridized carbons (Fsp3) is 0.444. The topological polar surface area (TPSA) is 54.2 Å². The van der Waals surface area contributed by atoms with Gasteiger partial charge in [-0.1, -0.05) is 11.3 Å². The number of halogens is 3. The summed E-state index contributed by atoms with van der Waals surface area (Å²) in [6.45, 7) is 2.13. The molecule has 0 spiro atoms. The van der Waals surface area contributed by atoms with Gasteiger partial charge in [0.1, 0.15) is 0 Å². The van der Waals surface area contributed by atoms with Crippen molar-refractivity contribution in [3.8, 4) is 0 Å². The van der Waals surface area contributed by atoms with E-state index in [0.29, 0.717) is 18.0 Å². The highest BCUT2D eigenvalue weighted by Crippen LogP contribution is 2.37. The van der Waals surface area contributed by atoms with Crippen molar-refractivity contribution in [1.82, 2.24) is 14.8 Å². The highest BCUT2D eigenvalue weighted by atomic mass is 32.1. The third-order valence-electron chi connectivity index (χ3n) is 4.95. The molecule has 144 valence electrons. The summed E-state index contributed by atoms with van der Waals surface area (Å²) < 4.78 is 41.3. The maximum absolute atomic E-state index is 12.9. The maximum Gasteiger partial charge on any atom is 0.416 e. The van der Waals surface area contributed by atoms with Crippen LogP contribution < -0.4 is 4.90 Å². The number of hydrogen-bond donors (Lipinski definition) is 1. The second kappa shape index (κ2) is 7.12. The number of alkyl halides is 3. The van der Waals surface area contributed by atoms with Crippen LogP contribution in [0.15, 0.2) is 30.5 Å². The number of nitrogens with zero attached hydrogens (tertiary/aromatic N) is 4. The normalized spacial score (nSPS) is 16.4. The molecule has 2 aromatic heterocycles. The lowest BCUT2D eigenvalue weighted by molar-refractivity contribution is -0.137. The lowest BCUT2D eigenvalue weighted by atomic mass is 9.93. The van der Waals surface area contributed by atoms with Crippen LogP contribution in [0, 0.1) is 0 Å². The predicted octanol–water partition coefficient (Wildman–Crippen LogP) is 3.89. The minimum absolute atomic E-state index is 0.0547. The number of rotatable bonds is 4. The molecule has 1 saturated heterocycles. The van der Waals surface area contributed by atoms with Crippen LogP contribution in [-0.4, -0.2) is 39.6 Å². The molecule has 0 bridgehead atoms. The fourth-order valence-electron chi connectivity index (χ4n) is 3.56. The summed E-state index contributed by atoms with van der Waals surface area (Å²) in [5.41, 5.74) is 0.860. The zero-order valence-electron chi connectivity index (χ0n) is 14.5. The first-order chi connectivity index (χ1) is 13.0. The maximum atomic E-state index is 12.9. The SMILES string of the molecule is OCCn1nccc1C1CCN(c2nc3cc(C(F)(F)F)ccc3s2)CC1. The zero-order valence-corrected chi connectivity index (χ0v) is 15.3. The molecule has 0 aliphatic carbocycles. The van der Waals surface area contributed by atoms with Gasteiger partial charge in [-0.2, -0.15) is 18.3 Å². The Morgan fingerprint density at radius 2 is 1.96 bits per heavy atom. The molecule has 1 aliphatic heterocycles. The highest BCUT2D eigenvalue weighted by molar-refractivity contribution is 7.22. The van der Waals surface area contributed by atoms with Crippen LogP contribution in [0.2, 0.25) is 0 Å². The number of anilines is 1. The summed E-state index contributed by atoms with van der Waals surface area (Å²) in [5, 5.41) is 14.2. The molecule has 1 fully saturated rings. The van der Waals surface area contributed by atoms with Gasteiger partial charge in [-0.3, -0.25) is 4.68 Å². The molecule has 9 heteroatoms. The summed E-state index contributed by atoms with van der Waals surface area (Å²) >= 11 is 1.43. The Hall–Kier alpha value is -2.13. The minimum Gasteiger partial charge on any atom is -0.394 e. The first-order valence-corrected chi connectivity index (χ1v) is 9.62. The number of aliphatic hydroxyl groups excluding tert-OH is 1. The van der Waals surface area contributed by atoms with Crippen LogP contribution in [0.25, 0.3) is 10.2 Å². The largest absolute Gasteiger partial charge is 0.416 e. The molecule has 0 saturated carbocycles. The Balaban J connectivity index is 1.48. The number of piperidine rings is 1. The summed E-state index contributed by atoms with van der Waals surface area (Å²) in [6, 6.07) is 5.72. The van der Waals surface area contributed by atoms with Crippen LogP contribution >= 0.6 is 11.3 Å². The van der Waals surface area contributed by atoms with Gasteiger partial charge in [0.15, 0.2) is 5.13 Å². The molecule has 1 N–H and O–H groups in total. The first kappa shape index (κ1) is 18.2. The van der Waals surface area contributed by atoms with Gasteiger partial charge in [-0.05, 0) is 37.1 Å². The third-order valence-corrected chi connectivity index (χ3v) is 6.05. The molecular weight excluding hydrogens is 377 g/mol. The average molecular weight is 396 g/mol. The van der Waals surface area contributed by atoms with E-state index in [0.717, 1.165) is 53.6 Å². The number of aromatic nitrogens is 3. The molecule has 1 aliphatic rings. The van der Waals surface area contributed by atoms with E-state index < -0.39 is 11.7 Å². The number of thiazole rings is 1. The lowest BCUT2D eigenvalue weighted by Gasteiger charge is -2.32. The van der Waals surface area contributed by atoms with Crippen molar-refractivity contribution in [2.45, 2.75) is 31.5 Å². The Morgan fingerprint density at radius 3 is 2.67 bits per heavy atom. The molecule has 5 nitrogen and oxygen atoms in total. The Labute approximate surface area is 158 Å². The van der Waals surface area contributed by atoms with Crippen molar-refractivity contribution < 1.29 is 18.3 Å². The van der Waals surface area contributed by atoms with Crippen LogP contribution in [0.5, 0.6) is 0 Å². The average Bonchev–Trinajstić information content (AvgIpc) is 3.27. The number of fused-ring (bicyclic) bond motifs is 1. The Morgan fingerprint density at radius 1 is 1.19 bits per heavy atom. The van der Waals surface area contributed by atoms with E-state index in [9.17, 15) is 13.2 Å². The van der Waals surface area contributed by atoms with Crippen molar-refractivity contribution in [3.05, 3.63) is 41.7 Å². The van der Waals surface area contributed by atoms with Gasteiger partial charge < -0.3 is 10.0 Å². The third kappa shape index (κ3) is 3.66. The van der Waals surface area contributed by atoms with Crippen molar-refractivity contribution in [2.24, 2.45) is 0 Å². The minimum atomic E-state index is -4.35. The van der Waals surface area contributed by atoms with Gasteiger partial charge in [0.2, 0.25) is 0 Å². The van der Waals surface area contributed by atoms with Gasteiger partial charge in [0, 0.05) is 30.9 Å². The summed E-state index contributed by atoms with van der Waals surface area (Å²) in [7, 11) is 0. The van der Waals surface area contributed by atoms with Crippen molar-refractivity contribution >= 4 is 26.7 Å². The quantitative estimate of drug-likeness (QED) is 0.727. The van der Waals surface area contributed by atoms with E-state index in [-0.39, 0.29) is 6.61 Å². The van der Waals surface area contributed by atoms with Gasteiger partial charge in [-0.15, -0.1) is 0 Å². The molecule has 0 atom stereocenters. The molecule has 27 heavy (non-hydrogen) atoms. The molecule has 0 amide bonds. The van der Waals surface area contributed by atoms with E-state index in [2.05, 4.69) is 15.0 Å². The molecular formula is C18H19F3N4OS. The molecule has 4 rings (SSSR count). The standard InChI is InChI=1S/C18H19F3N4OS/c19-18(20,21)13-1-2-16-14(11-13)23-17(27-16)24-7-4-12(5-8-24)15-3-6-22-25(15)9-10-26/h1-3,6,11-12,26H,4-5,7-10H2. The Kier molecular flexibility index (Phi) is 4.81. The van der Waals surface area contributed by atoms with E-state index in [1.54, 1.807) is 6.20 Å². The van der Waals surface area contributed by atoms with Gasteiger partial charge >= 0.3 is 6.18 Å². The van der Waals surface area contributed by atoms with E-state index in [1.807, 2.05) is 10.7 Å². The molecule has 0 unspecified atom stereocenters. The zero-order chi connectivity index (χ0) is 19.0. The summed E-state index contributed by atoms with van der Waals surface area (Å²) in [4.78, 5) is 6.58. The number of benzene rings is 1. The Bertz CT molecular complexity index is 928. The molecule has 3 aromatic rings. The van der Waals surface area contributed by atoms with Crippen molar-refractivity contribution in [1.29, 1.82) is 0 Å². The monoisotopic (exact) mass is 396 g/mol. The van der Waals surface area contributed by atoms with Crippen LogP contribution in [-0.2, 0) is 12.7 Å². The second-order valence-corrected chi connectivity index (χ2v) is 7.65. The summed E-state index contributed by atoms with van der Waals surface area (Å²) in [5.74, 6) is 0.363. The van der Waals surface area contributed by atoms with E-state index in [4.69, 9.17) is 5.11 Å². The highest BCUT2D eigenvalue weighted by Gasteiger charge is 2.31. The van der Waals surface area contributed by atoms with Crippen molar-refractivity contribution in [2.75, 3.05) is 24.6 Å². The fourth-order valence-corrected chi connectivity index (χ4v) is 4.56. The predicted molar refractivity (Wildman–Crippen MR) is 98.1 cm³/mol. The van der Waals surface area contributed by atoms with Crippen LogP contribution in [0.4, 0.5) is 18.3 Å². The van der Waals surface area contributed by atoms with Gasteiger partial charge in [-0.25, -0.2) is 4.98 Å². The molecule has 1 aromatic carbocycles. The molecule has 3 heterocycles. The number of hydrogen-bond acceptors (Lipinski definition) is 5. The second-order valence-electron chi connectivity index (χ2n) is 6.64. The van der Waals surface area contributed by atoms with Gasteiger partial charge in [0.25, 0.3) is 0 Å². The van der Waals surface area contributed by atoms with E-state index in [1.165, 1.54) is 17.4 Å². The van der Waals surface area contributed by atoms with Crippen molar-refractivity contribution in [3.63, 3.8) is 0 Å². The van der Waals surface area contributed by atoms with Gasteiger partial charge in [0.05, 0.1) is 28.9 Å². The summed E-state index contributed by atoms with van der Waals surface area (Å²) in [6.07, 6.45) is -0.765. The van der Waals surface area contributed by atoms with Crippen LogP contribution in [0.3, 0.4) is 0 Å². The molecule has 0 radical (unpaired) electrons. The lowest BCUT2D eigenvalue weighted by Crippen LogP contribution is -2.33. The smallest absolute Gasteiger partial charge is 0.394 e. The number of aliphatic hydroxyl groups is 1. The first-order valence-electron chi connectivity index (χ1n) is 8.81.